The van der Waals surface area contributed by atoms with Crippen LogP contribution in [-0.2, 0) is 7.05 Å². The molecule has 128 valence electrons. The van der Waals surface area contributed by atoms with Crippen LogP contribution in [0.2, 0.25) is 0 Å². The Morgan fingerprint density at radius 2 is 1.88 bits per heavy atom. The molecule has 0 aliphatic carbocycles. The molecule has 3 aromatic rings. The van der Waals surface area contributed by atoms with E-state index < -0.39 is 5.97 Å². The fourth-order valence-electron chi connectivity index (χ4n) is 3.07. The normalized spacial score (nSPS) is 14.9. The summed E-state index contributed by atoms with van der Waals surface area (Å²) in [5, 5.41) is 14.3. The summed E-state index contributed by atoms with van der Waals surface area (Å²) in [6.07, 6.45) is 3.35. The Bertz CT molecular complexity index is 931. The lowest BCUT2D eigenvalue weighted by Crippen LogP contribution is -2.47. The maximum atomic E-state index is 11.1. The number of carboxylic acid groups (broad SMARTS) is 1. The zero-order valence-electron chi connectivity index (χ0n) is 13.7. The number of fused-ring (bicyclic) bond motifs is 1. The van der Waals surface area contributed by atoms with E-state index >= 15 is 0 Å². The van der Waals surface area contributed by atoms with E-state index in [1.54, 1.807) is 23.3 Å². The summed E-state index contributed by atoms with van der Waals surface area (Å²) in [6.45, 7) is 3.00. The maximum Gasteiger partial charge on any atom is 0.354 e. The molecule has 4 rings (SSSR count). The third-order valence-corrected chi connectivity index (χ3v) is 4.37. The van der Waals surface area contributed by atoms with Crippen molar-refractivity contribution in [3.8, 4) is 0 Å². The summed E-state index contributed by atoms with van der Waals surface area (Å²) >= 11 is 0. The number of aromatic carboxylic acids is 1. The molecule has 0 bridgehead atoms. The van der Waals surface area contributed by atoms with Crippen LogP contribution in [0.1, 0.15) is 10.5 Å². The molecule has 25 heavy (non-hydrogen) atoms. The van der Waals surface area contributed by atoms with E-state index in [9.17, 15) is 4.79 Å². The first-order valence-corrected chi connectivity index (χ1v) is 7.96. The molecular formula is C16H17N7O2. The van der Waals surface area contributed by atoms with Crippen LogP contribution in [0.3, 0.4) is 0 Å². The van der Waals surface area contributed by atoms with Crippen LogP contribution in [0.4, 0.5) is 11.6 Å². The molecule has 9 heteroatoms. The molecule has 0 saturated carbocycles. The number of anilines is 2. The lowest BCUT2D eigenvalue weighted by atomic mass is 10.2. The number of aryl methyl sites for hydroxylation is 1. The van der Waals surface area contributed by atoms with Crippen molar-refractivity contribution in [3.05, 3.63) is 36.4 Å². The van der Waals surface area contributed by atoms with Crippen molar-refractivity contribution in [1.29, 1.82) is 0 Å². The van der Waals surface area contributed by atoms with Crippen molar-refractivity contribution < 1.29 is 9.90 Å². The molecule has 0 spiro atoms. The van der Waals surface area contributed by atoms with Gasteiger partial charge in [0.15, 0.2) is 11.3 Å². The Labute approximate surface area is 143 Å². The Morgan fingerprint density at radius 3 is 2.64 bits per heavy atom. The fourth-order valence-corrected chi connectivity index (χ4v) is 3.07. The van der Waals surface area contributed by atoms with E-state index in [2.05, 4.69) is 29.9 Å². The van der Waals surface area contributed by atoms with Gasteiger partial charge in [0, 0.05) is 33.2 Å². The second kappa shape index (κ2) is 6.00. The van der Waals surface area contributed by atoms with Gasteiger partial charge < -0.3 is 14.9 Å². The monoisotopic (exact) mass is 339 g/mol. The van der Waals surface area contributed by atoms with Crippen molar-refractivity contribution in [3.63, 3.8) is 0 Å². The standard InChI is InChI=1S/C16H17N7O2/c1-21-14-11(9-19-21)15(18-10-17-14)23-7-5-22(6-8-23)13-4-2-3-12(20-13)16(24)25/h2-4,9-10H,5-8H2,1H3,(H,24,25). The Hall–Kier alpha value is -3.23. The number of pyridine rings is 1. The SMILES string of the molecule is Cn1ncc2c(N3CCN(c4cccc(C(=O)O)n4)CC3)ncnc21. The van der Waals surface area contributed by atoms with Crippen LogP contribution in [0.15, 0.2) is 30.7 Å². The van der Waals surface area contributed by atoms with Crippen LogP contribution >= 0.6 is 0 Å². The van der Waals surface area contributed by atoms with Crippen molar-refractivity contribution in [2.45, 2.75) is 0 Å². The molecule has 0 aromatic carbocycles. The highest BCUT2D eigenvalue weighted by molar-refractivity contribution is 5.87. The Kier molecular flexibility index (Phi) is 3.68. The molecule has 0 radical (unpaired) electrons. The van der Waals surface area contributed by atoms with Gasteiger partial charge in [0.05, 0.1) is 11.6 Å². The highest BCUT2D eigenvalue weighted by atomic mass is 16.4. The molecule has 0 atom stereocenters. The molecule has 1 aliphatic heterocycles. The van der Waals surface area contributed by atoms with E-state index in [0.717, 1.165) is 43.0 Å². The van der Waals surface area contributed by atoms with Gasteiger partial charge in [0.2, 0.25) is 0 Å². The predicted octanol–water partition coefficient (Wildman–Crippen LogP) is 0.783. The summed E-state index contributed by atoms with van der Waals surface area (Å²) in [7, 11) is 1.86. The molecule has 1 aliphatic rings. The van der Waals surface area contributed by atoms with Gasteiger partial charge >= 0.3 is 5.97 Å². The lowest BCUT2D eigenvalue weighted by molar-refractivity contribution is 0.0690. The third kappa shape index (κ3) is 2.73. The summed E-state index contributed by atoms with van der Waals surface area (Å²) in [5.41, 5.74) is 0.871. The number of rotatable bonds is 3. The molecule has 1 N–H and O–H groups in total. The van der Waals surface area contributed by atoms with Gasteiger partial charge in [-0.2, -0.15) is 5.10 Å². The number of hydrogen-bond donors (Lipinski definition) is 1. The molecule has 1 saturated heterocycles. The van der Waals surface area contributed by atoms with E-state index in [-0.39, 0.29) is 5.69 Å². The first-order chi connectivity index (χ1) is 12.1. The van der Waals surface area contributed by atoms with Crippen LogP contribution in [0.5, 0.6) is 0 Å². The van der Waals surface area contributed by atoms with Gasteiger partial charge in [0.1, 0.15) is 18.0 Å². The van der Waals surface area contributed by atoms with Gasteiger partial charge in [-0.15, -0.1) is 0 Å². The minimum absolute atomic E-state index is 0.0628. The highest BCUT2D eigenvalue weighted by Crippen LogP contribution is 2.24. The number of carboxylic acids is 1. The number of nitrogens with zero attached hydrogens (tertiary/aromatic N) is 7. The quantitative estimate of drug-likeness (QED) is 0.747. The van der Waals surface area contributed by atoms with E-state index in [1.165, 1.54) is 6.07 Å². The molecule has 0 amide bonds. The van der Waals surface area contributed by atoms with Gasteiger partial charge in [0.25, 0.3) is 0 Å². The lowest BCUT2D eigenvalue weighted by Gasteiger charge is -2.36. The predicted molar refractivity (Wildman–Crippen MR) is 91.9 cm³/mol. The van der Waals surface area contributed by atoms with Crippen LogP contribution in [-0.4, -0.2) is 62.0 Å². The average Bonchev–Trinajstić information content (AvgIpc) is 3.03. The van der Waals surface area contributed by atoms with Crippen LogP contribution < -0.4 is 9.80 Å². The van der Waals surface area contributed by atoms with Crippen LogP contribution in [0, 0.1) is 0 Å². The first-order valence-electron chi connectivity index (χ1n) is 7.96. The average molecular weight is 339 g/mol. The molecule has 3 aromatic heterocycles. The minimum Gasteiger partial charge on any atom is -0.477 e. The zero-order valence-corrected chi connectivity index (χ0v) is 13.7. The van der Waals surface area contributed by atoms with Crippen molar-refractivity contribution >= 4 is 28.6 Å². The van der Waals surface area contributed by atoms with Gasteiger partial charge in [-0.25, -0.2) is 19.7 Å². The number of piperazine rings is 1. The number of hydrogen-bond acceptors (Lipinski definition) is 7. The van der Waals surface area contributed by atoms with Crippen molar-refractivity contribution in [2.24, 2.45) is 7.05 Å². The molecule has 0 unspecified atom stereocenters. The summed E-state index contributed by atoms with van der Waals surface area (Å²) < 4.78 is 1.73. The smallest absolute Gasteiger partial charge is 0.354 e. The summed E-state index contributed by atoms with van der Waals surface area (Å²) in [6, 6.07) is 5.07. The van der Waals surface area contributed by atoms with Crippen molar-refractivity contribution in [1.82, 2.24) is 24.7 Å². The van der Waals surface area contributed by atoms with Crippen LogP contribution in [0.25, 0.3) is 11.0 Å². The third-order valence-electron chi connectivity index (χ3n) is 4.37. The van der Waals surface area contributed by atoms with Crippen molar-refractivity contribution in [2.75, 3.05) is 36.0 Å². The molecule has 4 heterocycles. The van der Waals surface area contributed by atoms with Gasteiger partial charge in [-0.3, -0.25) is 4.68 Å². The van der Waals surface area contributed by atoms with E-state index in [4.69, 9.17) is 5.11 Å². The first kappa shape index (κ1) is 15.3. The second-order valence-electron chi connectivity index (χ2n) is 5.86. The largest absolute Gasteiger partial charge is 0.477 e. The number of aromatic nitrogens is 5. The zero-order chi connectivity index (χ0) is 17.4. The molecule has 1 fully saturated rings. The number of carbonyl (C=O) groups is 1. The fraction of sp³-hybridized carbons (Fsp3) is 0.312. The van der Waals surface area contributed by atoms with Gasteiger partial charge in [-0.1, -0.05) is 6.07 Å². The second-order valence-corrected chi connectivity index (χ2v) is 5.86. The van der Waals surface area contributed by atoms with E-state index in [1.807, 2.05) is 13.1 Å². The Morgan fingerprint density at radius 1 is 1.12 bits per heavy atom. The molecular weight excluding hydrogens is 322 g/mol. The maximum absolute atomic E-state index is 11.1. The highest BCUT2D eigenvalue weighted by Gasteiger charge is 2.22. The topological polar surface area (TPSA) is 100 Å². The molecule has 9 nitrogen and oxygen atoms in total. The van der Waals surface area contributed by atoms with Gasteiger partial charge in [-0.05, 0) is 12.1 Å². The minimum atomic E-state index is -1.01. The summed E-state index contributed by atoms with van der Waals surface area (Å²) in [5.74, 6) is 0.555. The summed E-state index contributed by atoms with van der Waals surface area (Å²) in [4.78, 5) is 28.3. The van der Waals surface area contributed by atoms with E-state index in [0.29, 0.717) is 5.82 Å². The Balaban J connectivity index is 1.53.